The molecule has 264 valence electrons. The molecule has 0 spiro atoms. The number of benzene rings is 2. The van der Waals surface area contributed by atoms with Gasteiger partial charge in [0.25, 0.3) is 5.56 Å². The van der Waals surface area contributed by atoms with Crippen molar-refractivity contribution in [1.82, 2.24) is 14.5 Å². The van der Waals surface area contributed by atoms with Crippen molar-refractivity contribution in [2.45, 2.75) is 78.5 Å². The van der Waals surface area contributed by atoms with Gasteiger partial charge >= 0.3 is 6.09 Å². The van der Waals surface area contributed by atoms with Crippen molar-refractivity contribution in [3.05, 3.63) is 74.8 Å². The summed E-state index contributed by atoms with van der Waals surface area (Å²) < 4.78 is 45.5. The van der Waals surface area contributed by atoms with E-state index in [-0.39, 0.29) is 63.2 Å². The van der Waals surface area contributed by atoms with E-state index in [1.165, 1.54) is 40.8 Å². The highest BCUT2D eigenvalue weighted by atomic mass is 35.5. The molecule has 2 aliphatic rings. The van der Waals surface area contributed by atoms with Crippen molar-refractivity contribution in [2.75, 3.05) is 30.4 Å². The number of nitrogens with zero attached hydrogens (tertiary/aromatic N) is 4. The molecular formula is C37H40ClF2N5O5. The standard InChI is InChI=1S/C37H40ClF2N5O5/c1-9-20-13-14-41-29(18(2)3)31(20)45-32-21(15-22(38)26(28(32)40)27-23(39)11-10-12-25(27)49-8)33-30(35(45)47)42-34(46)24-17-43(19(4)16-44(24)33)36(48)50-37(5,6)7/h10-15,18-19,24H,9,16-17H2,1-8H3,(H,42,46)/t19-,24-/m1/s1. The lowest BCUT2D eigenvalue weighted by Crippen LogP contribution is -2.65. The van der Waals surface area contributed by atoms with Crippen LogP contribution in [0, 0.1) is 11.6 Å². The third-order valence-electron chi connectivity index (χ3n) is 9.16. The molecule has 2 atom stereocenters. The van der Waals surface area contributed by atoms with Crippen LogP contribution in [0.2, 0.25) is 5.02 Å². The summed E-state index contributed by atoms with van der Waals surface area (Å²) in [6.07, 6.45) is 1.54. The van der Waals surface area contributed by atoms with Gasteiger partial charge in [-0.2, -0.15) is 0 Å². The van der Waals surface area contributed by atoms with Crippen molar-refractivity contribution in [1.29, 1.82) is 0 Å². The largest absolute Gasteiger partial charge is 0.496 e. The zero-order chi connectivity index (χ0) is 36.4. The molecule has 2 aliphatic heterocycles. The molecule has 4 heterocycles. The zero-order valence-electron chi connectivity index (χ0n) is 29.3. The minimum absolute atomic E-state index is 0.0489. The molecule has 6 rings (SSSR count). The van der Waals surface area contributed by atoms with Crippen LogP contribution in [-0.4, -0.2) is 64.3 Å². The zero-order valence-corrected chi connectivity index (χ0v) is 30.0. The van der Waals surface area contributed by atoms with Crippen LogP contribution in [0.3, 0.4) is 0 Å². The SMILES string of the molecule is CCc1ccnc(C(C)C)c1-n1c(=O)c2c(c3cc(Cl)c(-c4c(F)cccc4OC)c(F)c31)N1C[C@@H](C)N(C(=O)OC(C)(C)C)C[C@@H]1C(=O)N2. The van der Waals surface area contributed by atoms with Gasteiger partial charge in [-0.05, 0) is 69.9 Å². The minimum Gasteiger partial charge on any atom is -0.496 e. The highest BCUT2D eigenvalue weighted by molar-refractivity contribution is 6.35. The molecule has 2 amide bonds. The second kappa shape index (κ2) is 12.9. The Labute approximate surface area is 293 Å². The number of anilines is 2. The monoisotopic (exact) mass is 707 g/mol. The molecule has 13 heteroatoms. The van der Waals surface area contributed by atoms with E-state index in [2.05, 4.69) is 10.3 Å². The third-order valence-corrected chi connectivity index (χ3v) is 9.46. The summed E-state index contributed by atoms with van der Waals surface area (Å²) in [6.45, 7) is 12.9. The van der Waals surface area contributed by atoms with E-state index < -0.39 is 46.9 Å². The Bertz CT molecular complexity index is 2110. The first kappa shape index (κ1) is 35.1. The fourth-order valence-electron chi connectivity index (χ4n) is 6.93. The predicted octanol–water partition coefficient (Wildman–Crippen LogP) is 7.45. The Balaban J connectivity index is 1.71. The first-order chi connectivity index (χ1) is 23.6. The molecule has 0 saturated carbocycles. The van der Waals surface area contributed by atoms with Gasteiger partial charge in [-0.1, -0.05) is 38.4 Å². The summed E-state index contributed by atoms with van der Waals surface area (Å²) in [5.74, 6) is -2.36. The second-order valence-electron chi connectivity index (χ2n) is 14.0. The van der Waals surface area contributed by atoms with E-state index in [0.29, 0.717) is 23.4 Å². The van der Waals surface area contributed by atoms with E-state index in [0.717, 1.165) is 0 Å². The van der Waals surface area contributed by atoms with Crippen molar-refractivity contribution in [3.63, 3.8) is 0 Å². The molecule has 1 N–H and O–H groups in total. The van der Waals surface area contributed by atoms with E-state index in [9.17, 15) is 14.4 Å². The van der Waals surface area contributed by atoms with Gasteiger partial charge in [0.05, 0.1) is 46.8 Å². The maximum Gasteiger partial charge on any atom is 0.410 e. The van der Waals surface area contributed by atoms with E-state index >= 15 is 8.78 Å². The molecule has 0 unspecified atom stereocenters. The number of nitrogens with one attached hydrogen (secondary N) is 1. The molecule has 2 aromatic carbocycles. The van der Waals surface area contributed by atoms with Crippen LogP contribution in [0.25, 0.3) is 27.7 Å². The number of rotatable bonds is 5. The first-order valence-corrected chi connectivity index (χ1v) is 17.0. The summed E-state index contributed by atoms with van der Waals surface area (Å²) in [5.41, 5.74) is -0.303. The molecule has 2 aromatic heterocycles. The average molecular weight is 708 g/mol. The lowest BCUT2D eigenvalue weighted by atomic mass is 9.95. The Kier molecular flexibility index (Phi) is 9.05. The summed E-state index contributed by atoms with van der Waals surface area (Å²) >= 11 is 6.89. The lowest BCUT2D eigenvalue weighted by molar-refractivity contribution is -0.118. The lowest BCUT2D eigenvalue weighted by Gasteiger charge is -2.48. The Hall–Kier alpha value is -4.71. The maximum absolute atomic E-state index is 17.6. The molecule has 4 aromatic rings. The van der Waals surface area contributed by atoms with Crippen LogP contribution in [0.15, 0.2) is 41.3 Å². The number of aryl methyl sites for hydroxylation is 1. The summed E-state index contributed by atoms with van der Waals surface area (Å²) in [4.78, 5) is 49.7. The van der Waals surface area contributed by atoms with Gasteiger partial charge < -0.3 is 24.6 Å². The van der Waals surface area contributed by atoms with Crippen LogP contribution in [0.1, 0.15) is 65.6 Å². The summed E-state index contributed by atoms with van der Waals surface area (Å²) in [6, 6.07) is 5.97. The maximum atomic E-state index is 17.6. The quantitative estimate of drug-likeness (QED) is 0.230. The number of hydrogen-bond donors (Lipinski definition) is 1. The molecule has 50 heavy (non-hydrogen) atoms. The number of hydrogen-bond acceptors (Lipinski definition) is 7. The highest BCUT2D eigenvalue weighted by Gasteiger charge is 2.45. The average Bonchev–Trinajstić information content (AvgIpc) is 3.04. The van der Waals surface area contributed by atoms with Crippen molar-refractivity contribution < 1.29 is 27.8 Å². The van der Waals surface area contributed by atoms with Crippen molar-refractivity contribution >= 4 is 45.9 Å². The topological polar surface area (TPSA) is 106 Å². The number of carbonyl (C=O) groups excluding carboxylic acids is 2. The fraction of sp³-hybridized carbons (Fsp3) is 0.405. The third kappa shape index (κ3) is 5.73. The fourth-order valence-corrected chi connectivity index (χ4v) is 7.22. The van der Waals surface area contributed by atoms with E-state index in [1.54, 1.807) is 37.9 Å². The predicted molar refractivity (Wildman–Crippen MR) is 190 cm³/mol. The molecule has 0 aliphatic carbocycles. The van der Waals surface area contributed by atoms with Crippen molar-refractivity contribution in [3.8, 4) is 22.6 Å². The number of amides is 2. The molecule has 0 radical (unpaired) electrons. The number of aromatic nitrogens is 2. The Morgan fingerprint density at radius 1 is 1.12 bits per heavy atom. The van der Waals surface area contributed by atoms with Gasteiger partial charge in [0.1, 0.15) is 28.9 Å². The normalized spacial score (nSPS) is 17.5. The summed E-state index contributed by atoms with van der Waals surface area (Å²) in [5, 5.41) is 2.87. The highest BCUT2D eigenvalue weighted by Crippen LogP contribution is 2.47. The van der Waals surface area contributed by atoms with Gasteiger partial charge in [0.15, 0.2) is 5.82 Å². The first-order valence-electron chi connectivity index (χ1n) is 16.6. The van der Waals surface area contributed by atoms with Crippen LogP contribution in [-0.2, 0) is 16.0 Å². The Morgan fingerprint density at radius 2 is 1.84 bits per heavy atom. The van der Waals surface area contributed by atoms with Crippen LogP contribution >= 0.6 is 11.6 Å². The van der Waals surface area contributed by atoms with Crippen LogP contribution in [0.4, 0.5) is 25.0 Å². The molecule has 1 saturated heterocycles. The van der Waals surface area contributed by atoms with Crippen molar-refractivity contribution in [2.24, 2.45) is 0 Å². The summed E-state index contributed by atoms with van der Waals surface area (Å²) in [7, 11) is 1.34. The molecule has 0 bridgehead atoms. The number of piperazine rings is 1. The number of fused-ring (bicyclic) bond motifs is 5. The van der Waals surface area contributed by atoms with Gasteiger partial charge in [-0.25, -0.2) is 13.6 Å². The smallest absolute Gasteiger partial charge is 0.410 e. The number of carbonyl (C=O) groups is 2. The van der Waals surface area contributed by atoms with Gasteiger partial charge in [0, 0.05) is 29.7 Å². The number of halogens is 3. The van der Waals surface area contributed by atoms with Gasteiger partial charge in [0.2, 0.25) is 5.91 Å². The number of ether oxygens (including phenoxy) is 2. The Morgan fingerprint density at radius 3 is 2.48 bits per heavy atom. The molecular weight excluding hydrogens is 668 g/mol. The van der Waals surface area contributed by atoms with Gasteiger partial charge in [-0.3, -0.25) is 19.1 Å². The number of methoxy groups -OCH3 is 1. The number of pyridine rings is 2. The molecule has 10 nitrogen and oxygen atoms in total. The van der Waals surface area contributed by atoms with E-state index in [4.69, 9.17) is 21.1 Å². The van der Waals surface area contributed by atoms with Crippen LogP contribution < -0.4 is 20.5 Å². The van der Waals surface area contributed by atoms with Crippen LogP contribution in [0.5, 0.6) is 5.75 Å². The van der Waals surface area contributed by atoms with E-state index in [1.807, 2.05) is 27.7 Å². The second-order valence-corrected chi connectivity index (χ2v) is 14.4. The molecule has 1 fully saturated rings. The minimum atomic E-state index is -0.953. The van der Waals surface area contributed by atoms with Gasteiger partial charge in [-0.15, -0.1) is 0 Å².